The average Bonchev–Trinajstić information content (AvgIpc) is 2.60. The largest absolute Gasteiger partial charge is 0.493 e. The van der Waals surface area contributed by atoms with Gasteiger partial charge in [0, 0.05) is 12.1 Å². The molecule has 0 fully saturated rings. The fourth-order valence-electron chi connectivity index (χ4n) is 1.84. The molecule has 1 aromatic heterocycles. The van der Waals surface area contributed by atoms with Gasteiger partial charge in [0.25, 0.3) is 5.69 Å². The van der Waals surface area contributed by atoms with E-state index in [0.717, 1.165) is 6.20 Å². The molecular formula is C16H12N4O4S. The molecule has 0 aliphatic carbocycles. The van der Waals surface area contributed by atoms with E-state index in [9.17, 15) is 10.1 Å². The minimum atomic E-state index is -0.548. The quantitative estimate of drug-likeness (QED) is 0.275. The van der Waals surface area contributed by atoms with Gasteiger partial charge < -0.3 is 15.2 Å². The molecule has 2 aromatic rings. The van der Waals surface area contributed by atoms with Gasteiger partial charge in [-0.15, -0.1) is 0 Å². The number of nitriles is 1. The van der Waals surface area contributed by atoms with E-state index in [1.807, 2.05) is 6.07 Å². The van der Waals surface area contributed by atoms with Crippen LogP contribution in [0.1, 0.15) is 5.56 Å². The number of hydrogen-bond donors (Lipinski definition) is 1. The Morgan fingerprint density at radius 2 is 2.16 bits per heavy atom. The van der Waals surface area contributed by atoms with Crippen molar-refractivity contribution in [1.29, 1.82) is 5.26 Å². The van der Waals surface area contributed by atoms with E-state index in [2.05, 4.69) is 4.98 Å². The van der Waals surface area contributed by atoms with Crippen molar-refractivity contribution in [2.45, 2.75) is 0 Å². The minimum Gasteiger partial charge on any atom is -0.493 e. The summed E-state index contributed by atoms with van der Waals surface area (Å²) >= 11 is 4.79. The van der Waals surface area contributed by atoms with Crippen molar-refractivity contribution in [3.63, 3.8) is 0 Å². The summed E-state index contributed by atoms with van der Waals surface area (Å²) in [5.74, 6) is 0.914. The predicted molar refractivity (Wildman–Crippen MR) is 94.3 cm³/mol. The van der Waals surface area contributed by atoms with Crippen LogP contribution in [-0.4, -0.2) is 22.0 Å². The molecule has 1 aromatic carbocycles. The maximum absolute atomic E-state index is 10.6. The van der Waals surface area contributed by atoms with E-state index in [4.69, 9.17) is 32.7 Å². The number of pyridine rings is 1. The normalized spacial score (nSPS) is 10.6. The van der Waals surface area contributed by atoms with Gasteiger partial charge in [0.2, 0.25) is 5.88 Å². The molecule has 9 heteroatoms. The van der Waals surface area contributed by atoms with Gasteiger partial charge in [-0.1, -0.05) is 18.3 Å². The zero-order chi connectivity index (χ0) is 18.4. The maximum Gasteiger partial charge on any atom is 0.287 e. The van der Waals surface area contributed by atoms with Crippen LogP contribution in [-0.2, 0) is 0 Å². The summed E-state index contributed by atoms with van der Waals surface area (Å²) in [5, 5.41) is 19.6. The van der Waals surface area contributed by atoms with E-state index in [1.54, 1.807) is 18.2 Å². The molecule has 0 aliphatic heterocycles. The molecular weight excluding hydrogens is 344 g/mol. The summed E-state index contributed by atoms with van der Waals surface area (Å²) in [6, 6.07) is 9.51. The van der Waals surface area contributed by atoms with Gasteiger partial charge in [0.1, 0.15) is 17.3 Å². The topological polar surface area (TPSA) is 124 Å². The van der Waals surface area contributed by atoms with Gasteiger partial charge in [-0.05, 0) is 23.8 Å². The molecule has 0 bridgehead atoms. The predicted octanol–water partition coefficient (Wildman–Crippen LogP) is 2.98. The van der Waals surface area contributed by atoms with Crippen LogP contribution in [0.4, 0.5) is 5.69 Å². The molecule has 2 rings (SSSR count). The highest BCUT2D eigenvalue weighted by Crippen LogP contribution is 2.32. The molecule has 0 atom stereocenters. The highest BCUT2D eigenvalue weighted by Gasteiger charge is 2.10. The molecule has 0 amide bonds. The fourth-order valence-corrected chi connectivity index (χ4v) is 1.94. The number of rotatable bonds is 6. The fraction of sp³-hybridized carbons (Fsp3) is 0.0625. The Kier molecular flexibility index (Phi) is 5.60. The Labute approximate surface area is 148 Å². The van der Waals surface area contributed by atoms with E-state index in [-0.39, 0.29) is 22.1 Å². The molecule has 0 aliphatic rings. The summed E-state index contributed by atoms with van der Waals surface area (Å²) in [5.41, 5.74) is 6.14. The third-order valence-electron chi connectivity index (χ3n) is 3.03. The van der Waals surface area contributed by atoms with Gasteiger partial charge in [0.05, 0.1) is 17.6 Å². The summed E-state index contributed by atoms with van der Waals surface area (Å²) in [7, 11) is 1.46. The Morgan fingerprint density at radius 3 is 2.68 bits per heavy atom. The Hall–Kier alpha value is -3.51. The molecule has 0 saturated heterocycles. The van der Waals surface area contributed by atoms with E-state index < -0.39 is 4.92 Å². The minimum absolute atomic E-state index is 0.00290. The molecule has 0 saturated carbocycles. The zero-order valence-corrected chi connectivity index (χ0v) is 13.8. The number of nitrogens with zero attached hydrogens (tertiary/aromatic N) is 3. The molecule has 25 heavy (non-hydrogen) atoms. The van der Waals surface area contributed by atoms with Crippen LogP contribution >= 0.6 is 12.2 Å². The second-order valence-electron chi connectivity index (χ2n) is 4.66. The van der Waals surface area contributed by atoms with Gasteiger partial charge in [-0.3, -0.25) is 10.1 Å². The summed E-state index contributed by atoms with van der Waals surface area (Å²) in [6.45, 7) is 0. The molecule has 1 heterocycles. The lowest BCUT2D eigenvalue weighted by molar-refractivity contribution is -0.385. The number of hydrogen-bond acceptors (Lipinski definition) is 7. The van der Waals surface area contributed by atoms with Crippen LogP contribution in [0, 0.1) is 21.4 Å². The van der Waals surface area contributed by atoms with E-state index in [1.165, 1.54) is 25.3 Å². The number of thiocarbonyl (C=S) groups is 1. The smallest absolute Gasteiger partial charge is 0.287 e. The van der Waals surface area contributed by atoms with Crippen molar-refractivity contribution in [1.82, 2.24) is 4.98 Å². The highest BCUT2D eigenvalue weighted by molar-refractivity contribution is 7.80. The SMILES string of the molecule is COc1cc(/C=C(\C#N)C(N)=S)ccc1Oc1ccc([N+](=O)[O-])cn1. The lowest BCUT2D eigenvalue weighted by Gasteiger charge is -2.10. The van der Waals surface area contributed by atoms with Crippen molar-refractivity contribution in [3.8, 4) is 23.4 Å². The second-order valence-corrected chi connectivity index (χ2v) is 5.10. The van der Waals surface area contributed by atoms with Crippen molar-refractivity contribution in [2.75, 3.05) is 7.11 Å². The first-order chi connectivity index (χ1) is 11.9. The first kappa shape index (κ1) is 17.8. The lowest BCUT2D eigenvalue weighted by Crippen LogP contribution is -2.09. The first-order valence-electron chi connectivity index (χ1n) is 6.82. The number of nitrogens with two attached hydrogens (primary N) is 1. The van der Waals surface area contributed by atoms with Crippen LogP contribution < -0.4 is 15.2 Å². The molecule has 2 N–H and O–H groups in total. The van der Waals surface area contributed by atoms with Gasteiger partial charge in [0.15, 0.2) is 11.5 Å². The van der Waals surface area contributed by atoms with E-state index >= 15 is 0 Å². The van der Waals surface area contributed by atoms with Crippen molar-refractivity contribution in [2.24, 2.45) is 5.73 Å². The van der Waals surface area contributed by atoms with Crippen LogP contribution in [0.3, 0.4) is 0 Å². The van der Waals surface area contributed by atoms with Gasteiger partial charge in [-0.25, -0.2) is 4.98 Å². The number of nitro groups is 1. The third kappa shape index (κ3) is 4.49. The van der Waals surface area contributed by atoms with E-state index in [0.29, 0.717) is 17.1 Å². The monoisotopic (exact) mass is 356 g/mol. The maximum atomic E-state index is 10.6. The second kappa shape index (κ2) is 7.85. The Balaban J connectivity index is 2.29. The molecule has 0 radical (unpaired) electrons. The average molecular weight is 356 g/mol. The highest BCUT2D eigenvalue weighted by atomic mass is 32.1. The van der Waals surface area contributed by atoms with Crippen molar-refractivity contribution >= 4 is 29.0 Å². The number of benzene rings is 1. The lowest BCUT2D eigenvalue weighted by atomic mass is 10.1. The Morgan fingerprint density at radius 1 is 1.40 bits per heavy atom. The van der Waals surface area contributed by atoms with Crippen LogP contribution in [0.25, 0.3) is 6.08 Å². The van der Waals surface area contributed by atoms with Crippen molar-refractivity contribution < 1.29 is 14.4 Å². The summed E-state index contributed by atoms with van der Waals surface area (Å²) in [6.07, 6.45) is 2.62. The third-order valence-corrected chi connectivity index (χ3v) is 3.25. The standard InChI is InChI=1S/C16H12N4O4S/c1-23-14-7-10(6-11(8-17)16(18)25)2-4-13(14)24-15-5-3-12(9-19-15)20(21)22/h2-7,9H,1H3,(H2,18,25)/b11-6+. The van der Waals surface area contributed by atoms with Gasteiger partial charge >= 0.3 is 0 Å². The molecule has 126 valence electrons. The number of methoxy groups -OCH3 is 1. The summed E-state index contributed by atoms with van der Waals surface area (Å²) in [4.78, 5) is 13.9. The molecule has 8 nitrogen and oxygen atoms in total. The molecule has 0 unspecified atom stereocenters. The van der Waals surface area contributed by atoms with Crippen LogP contribution in [0.15, 0.2) is 42.1 Å². The zero-order valence-electron chi connectivity index (χ0n) is 13.0. The van der Waals surface area contributed by atoms with Crippen LogP contribution in [0.5, 0.6) is 17.4 Å². The Bertz CT molecular complexity index is 888. The summed E-state index contributed by atoms with van der Waals surface area (Å²) < 4.78 is 10.8. The van der Waals surface area contributed by atoms with Crippen molar-refractivity contribution in [3.05, 3.63) is 57.8 Å². The first-order valence-corrected chi connectivity index (χ1v) is 7.23. The molecule has 0 spiro atoms. The van der Waals surface area contributed by atoms with Crippen LogP contribution in [0.2, 0.25) is 0 Å². The number of ether oxygens (including phenoxy) is 2. The number of aromatic nitrogens is 1. The van der Waals surface area contributed by atoms with Gasteiger partial charge in [-0.2, -0.15) is 5.26 Å².